The van der Waals surface area contributed by atoms with Crippen LogP contribution in [0.5, 0.6) is 5.75 Å². The van der Waals surface area contributed by atoms with Gasteiger partial charge in [-0.25, -0.2) is 9.18 Å². The molecule has 2 aliphatic heterocycles. The number of hydrogen-bond acceptors (Lipinski definition) is 6. The van der Waals surface area contributed by atoms with E-state index in [9.17, 15) is 19.1 Å². The van der Waals surface area contributed by atoms with Crippen LogP contribution in [-0.2, 0) is 14.3 Å². The summed E-state index contributed by atoms with van der Waals surface area (Å²) in [5.74, 6) is 0.0260. The summed E-state index contributed by atoms with van der Waals surface area (Å²) in [4.78, 5) is 24.6. The molecule has 2 aromatic rings. The van der Waals surface area contributed by atoms with Crippen LogP contribution in [0.15, 0.2) is 42.5 Å². The number of benzene rings is 2. The molecule has 9 nitrogen and oxygen atoms in total. The molecule has 4 rings (SSSR count). The van der Waals surface area contributed by atoms with E-state index in [0.717, 1.165) is 5.56 Å². The zero-order chi connectivity index (χ0) is 24.1. The molecule has 2 aliphatic rings. The Morgan fingerprint density at radius 3 is 2.62 bits per heavy atom. The number of carbonyl (C=O) groups excluding carboxylic acids is 2. The van der Waals surface area contributed by atoms with Crippen molar-refractivity contribution in [1.82, 2.24) is 5.32 Å². The number of hydrogen-bond donors (Lipinski definition) is 4. The minimum atomic E-state index is -0.568. The first-order chi connectivity index (χ1) is 16.5. The van der Waals surface area contributed by atoms with Crippen LogP contribution in [0.2, 0.25) is 0 Å². The number of halogens is 1. The molecule has 0 aliphatic carbocycles. The van der Waals surface area contributed by atoms with E-state index in [2.05, 4.69) is 16.0 Å². The molecule has 34 heavy (non-hydrogen) atoms. The molecule has 182 valence electrons. The van der Waals surface area contributed by atoms with Gasteiger partial charge in [-0.3, -0.25) is 4.79 Å². The predicted octanol–water partition coefficient (Wildman–Crippen LogP) is 2.62. The van der Waals surface area contributed by atoms with E-state index in [0.29, 0.717) is 36.7 Å². The largest absolute Gasteiger partial charge is 0.487 e. The van der Waals surface area contributed by atoms with Gasteiger partial charge in [0.15, 0.2) is 0 Å². The second-order valence-corrected chi connectivity index (χ2v) is 8.29. The van der Waals surface area contributed by atoms with Gasteiger partial charge in [0.1, 0.15) is 23.8 Å². The fourth-order valence-electron chi connectivity index (χ4n) is 4.37. The lowest BCUT2D eigenvalue weighted by atomic mass is 9.84. The standard InChI is InChI=1S/C24H28FN3O6/c1-32-9-8-26-22(30)12-17-11-19-18-10-16(6-7-20(18)34-23(19)21(13-29)33-17)28-24(31)27-15-4-2-14(25)3-5-15/h2-7,10,17,19,21,23,29H,8-9,11-13H2,1H3,(H,26,30)(H2,27,28,31)/t17-,19+,21+,23-/m1/s1. The lowest BCUT2D eigenvalue weighted by Gasteiger charge is -2.37. The number of aliphatic hydroxyl groups is 1. The Balaban J connectivity index is 1.42. The van der Waals surface area contributed by atoms with Gasteiger partial charge in [-0.05, 0) is 48.9 Å². The summed E-state index contributed by atoms with van der Waals surface area (Å²) in [6, 6.07) is 10.3. The van der Waals surface area contributed by atoms with E-state index >= 15 is 0 Å². The van der Waals surface area contributed by atoms with Gasteiger partial charge in [-0.15, -0.1) is 0 Å². The second kappa shape index (κ2) is 10.8. The summed E-state index contributed by atoms with van der Waals surface area (Å²) in [6.07, 6.45) is -0.625. The van der Waals surface area contributed by atoms with Crippen molar-refractivity contribution in [2.75, 3.05) is 37.5 Å². The Kier molecular flexibility index (Phi) is 7.61. The number of methoxy groups -OCH3 is 1. The van der Waals surface area contributed by atoms with Crippen molar-refractivity contribution < 1.29 is 33.3 Å². The van der Waals surface area contributed by atoms with Crippen molar-refractivity contribution in [1.29, 1.82) is 0 Å². The number of carbonyl (C=O) groups is 2. The summed E-state index contributed by atoms with van der Waals surface area (Å²) in [7, 11) is 1.56. The van der Waals surface area contributed by atoms with E-state index < -0.39 is 12.1 Å². The van der Waals surface area contributed by atoms with Crippen molar-refractivity contribution in [2.45, 2.75) is 37.1 Å². The fourth-order valence-corrected chi connectivity index (χ4v) is 4.37. The van der Waals surface area contributed by atoms with Gasteiger partial charge >= 0.3 is 6.03 Å². The Morgan fingerprint density at radius 2 is 1.88 bits per heavy atom. The molecular formula is C24H28FN3O6. The highest BCUT2D eigenvalue weighted by Crippen LogP contribution is 2.47. The van der Waals surface area contributed by atoms with Crippen molar-refractivity contribution in [3.05, 3.63) is 53.8 Å². The third kappa shape index (κ3) is 5.64. The van der Waals surface area contributed by atoms with E-state index in [4.69, 9.17) is 14.2 Å². The molecule has 0 aromatic heterocycles. The summed E-state index contributed by atoms with van der Waals surface area (Å²) in [5.41, 5.74) is 1.91. The maximum absolute atomic E-state index is 13.1. The van der Waals surface area contributed by atoms with Gasteiger partial charge in [0.2, 0.25) is 5.91 Å². The number of rotatable bonds is 8. The molecule has 2 heterocycles. The molecule has 0 spiro atoms. The number of ether oxygens (including phenoxy) is 3. The molecule has 4 N–H and O–H groups in total. The smallest absolute Gasteiger partial charge is 0.323 e. The Morgan fingerprint density at radius 1 is 1.15 bits per heavy atom. The number of amides is 3. The average Bonchev–Trinajstić information content (AvgIpc) is 3.18. The van der Waals surface area contributed by atoms with Crippen LogP contribution in [0.1, 0.15) is 24.3 Å². The zero-order valence-electron chi connectivity index (χ0n) is 18.8. The van der Waals surface area contributed by atoms with Crippen molar-refractivity contribution in [3.8, 4) is 5.75 Å². The molecule has 10 heteroatoms. The molecule has 2 aromatic carbocycles. The molecule has 0 bridgehead atoms. The minimum absolute atomic E-state index is 0.0976. The highest BCUT2D eigenvalue weighted by Gasteiger charge is 2.46. The van der Waals surface area contributed by atoms with E-state index in [1.807, 2.05) is 6.07 Å². The van der Waals surface area contributed by atoms with Gasteiger partial charge in [0.25, 0.3) is 0 Å². The minimum Gasteiger partial charge on any atom is -0.487 e. The monoisotopic (exact) mass is 473 g/mol. The summed E-state index contributed by atoms with van der Waals surface area (Å²) in [6.45, 7) is 0.605. The van der Waals surface area contributed by atoms with Crippen LogP contribution in [0, 0.1) is 5.82 Å². The molecule has 0 saturated carbocycles. The van der Waals surface area contributed by atoms with Gasteiger partial charge in [-0.2, -0.15) is 0 Å². The Bertz CT molecular complexity index is 1020. The van der Waals surface area contributed by atoms with E-state index in [1.54, 1.807) is 19.2 Å². The predicted molar refractivity (Wildman–Crippen MR) is 123 cm³/mol. The molecule has 1 saturated heterocycles. The third-order valence-corrected chi connectivity index (χ3v) is 5.90. The van der Waals surface area contributed by atoms with Crippen LogP contribution >= 0.6 is 0 Å². The molecular weight excluding hydrogens is 445 g/mol. The first kappa shape index (κ1) is 23.9. The van der Waals surface area contributed by atoms with Crippen molar-refractivity contribution in [3.63, 3.8) is 0 Å². The number of fused-ring (bicyclic) bond motifs is 3. The van der Waals surface area contributed by atoms with Crippen LogP contribution in [0.3, 0.4) is 0 Å². The second-order valence-electron chi connectivity index (χ2n) is 8.29. The number of anilines is 2. The maximum Gasteiger partial charge on any atom is 0.323 e. The Labute approximate surface area is 196 Å². The van der Waals surface area contributed by atoms with Gasteiger partial charge < -0.3 is 35.3 Å². The van der Waals surface area contributed by atoms with E-state index in [-0.39, 0.29) is 42.9 Å². The SMILES string of the molecule is COCCNC(=O)C[C@H]1C[C@H]2c3cc(NC(=O)Nc4ccc(F)cc4)ccc3O[C@H]2[C@H](CO)O1. The number of aliphatic hydroxyl groups excluding tert-OH is 1. The maximum atomic E-state index is 13.1. The Hall–Kier alpha value is -3.21. The lowest BCUT2D eigenvalue weighted by Crippen LogP contribution is -2.47. The summed E-state index contributed by atoms with van der Waals surface area (Å²) in [5, 5.41) is 18.1. The average molecular weight is 474 g/mol. The van der Waals surface area contributed by atoms with Gasteiger partial charge in [-0.1, -0.05) is 0 Å². The molecule has 4 atom stereocenters. The van der Waals surface area contributed by atoms with Crippen molar-refractivity contribution >= 4 is 23.3 Å². The third-order valence-electron chi connectivity index (χ3n) is 5.90. The van der Waals surface area contributed by atoms with Crippen molar-refractivity contribution in [2.24, 2.45) is 0 Å². The number of urea groups is 1. The highest BCUT2D eigenvalue weighted by atomic mass is 19.1. The summed E-state index contributed by atoms with van der Waals surface area (Å²) < 4.78 is 30.0. The van der Waals surface area contributed by atoms with Crippen LogP contribution < -0.4 is 20.7 Å². The fraction of sp³-hybridized carbons (Fsp3) is 0.417. The first-order valence-electron chi connectivity index (χ1n) is 11.1. The highest BCUT2D eigenvalue weighted by molar-refractivity contribution is 5.99. The molecule has 0 unspecified atom stereocenters. The van der Waals surface area contributed by atoms with Gasteiger partial charge in [0.05, 0.1) is 25.7 Å². The van der Waals surface area contributed by atoms with Gasteiger partial charge in [0, 0.05) is 36.5 Å². The zero-order valence-corrected chi connectivity index (χ0v) is 18.8. The van der Waals surface area contributed by atoms with E-state index in [1.165, 1.54) is 24.3 Å². The first-order valence-corrected chi connectivity index (χ1v) is 11.1. The lowest BCUT2D eigenvalue weighted by molar-refractivity contribution is -0.142. The molecule has 3 amide bonds. The topological polar surface area (TPSA) is 118 Å². The number of nitrogens with one attached hydrogen (secondary N) is 3. The molecule has 0 radical (unpaired) electrons. The van der Waals surface area contributed by atoms with Crippen LogP contribution in [-0.4, -0.2) is 62.2 Å². The normalized spacial score (nSPS) is 22.8. The van der Waals surface area contributed by atoms with Crippen LogP contribution in [0.25, 0.3) is 0 Å². The quantitative estimate of drug-likeness (QED) is 0.438. The molecule has 1 fully saturated rings. The summed E-state index contributed by atoms with van der Waals surface area (Å²) >= 11 is 0. The van der Waals surface area contributed by atoms with Crippen LogP contribution in [0.4, 0.5) is 20.6 Å².